The van der Waals surface area contributed by atoms with E-state index in [-0.39, 0.29) is 12.6 Å². The molecule has 0 bridgehead atoms. The number of benzene rings is 3. The van der Waals surface area contributed by atoms with Gasteiger partial charge >= 0.3 is 5.97 Å². The summed E-state index contributed by atoms with van der Waals surface area (Å²) in [6.07, 6.45) is 2.17. The Kier molecular flexibility index (Phi) is 5.59. The van der Waals surface area contributed by atoms with Gasteiger partial charge in [-0.1, -0.05) is 55.5 Å². The number of fused-ring (bicyclic) bond motifs is 2. The Hall–Kier alpha value is -3.12. The average molecular weight is 420 g/mol. The molecule has 6 heteroatoms. The lowest BCUT2D eigenvalue weighted by Gasteiger charge is -2.15. The van der Waals surface area contributed by atoms with Gasteiger partial charge < -0.3 is 4.74 Å². The van der Waals surface area contributed by atoms with Crippen LogP contribution in [0.4, 0.5) is 4.79 Å². The largest absolute Gasteiger partial charge is 0.461 e. The molecular formula is C24H21NO4S. The summed E-state index contributed by atoms with van der Waals surface area (Å²) in [7, 11) is 0. The maximum Gasteiger partial charge on any atom is 0.326 e. The lowest BCUT2D eigenvalue weighted by Crippen LogP contribution is -2.35. The van der Waals surface area contributed by atoms with Crippen molar-refractivity contribution in [3.05, 3.63) is 65.1 Å². The molecule has 1 atom stereocenters. The Bertz CT molecular complexity index is 1150. The molecule has 30 heavy (non-hydrogen) atoms. The average Bonchev–Trinajstić information content (AvgIpc) is 3.00. The van der Waals surface area contributed by atoms with Crippen LogP contribution < -0.4 is 0 Å². The Labute approximate surface area is 178 Å². The molecule has 1 heterocycles. The molecule has 5 nitrogen and oxygen atoms in total. The highest BCUT2D eigenvalue weighted by Crippen LogP contribution is 2.36. The van der Waals surface area contributed by atoms with Gasteiger partial charge in [-0.3, -0.25) is 19.3 Å². The lowest BCUT2D eigenvalue weighted by atomic mass is 9.96. The van der Waals surface area contributed by atoms with Crippen molar-refractivity contribution in [3.8, 4) is 0 Å². The van der Waals surface area contributed by atoms with Crippen LogP contribution in [0.25, 0.3) is 27.6 Å². The minimum atomic E-state index is -0.580. The van der Waals surface area contributed by atoms with E-state index in [1.54, 1.807) is 13.0 Å². The summed E-state index contributed by atoms with van der Waals surface area (Å²) in [5.41, 5.74) is 0.886. The fourth-order valence-corrected chi connectivity index (χ4v) is 4.27. The van der Waals surface area contributed by atoms with Crippen LogP contribution in [0.5, 0.6) is 0 Å². The normalized spacial score (nSPS) is 16.6. The summed E-state index contributed by atoms with van der Waals surface area (Å²) in [6, 6.07) is 18.0. The third-order valence-electron chi connectivity index (χ3n) is 5.16. The Morgan fingerprint density at radius 2 is 1.67 bits per heavy atom. The predicted octanol–water partition coefficient (Wildman–Crippen LogP) is 5.37. The van der Waals surface area contributed by atoms with Crippen LogP contribution in [0.15, 0.2) is 59.5 Å². The van der Waals surface area contributed by atoms with Crippen molar-refractivity contribution in [3.63, 3.8) is 0 Å². The highest BCUT2D eigenvalue weighted by Gasteiger charge is 2.37. The van der Waals surface area contributed by atoms with E-state index in [4.69, 9.17) is 4.74 Å². The number of rotatable bonds is 5. The summed E-state index contributed by atoms with van der Waals surface area (Å²) in [6.45, 7) is 3.30. The molecule has 1 fully saturated rings. The van der Waals surface area contributed by atoms with Crippen LogP contribution in [0.2, 0.25) is 0 Å². The minimum absolute atomic E-state index is 0.255. The zero-order valence-corrected chi connectivity index (χ0v) is 17.6. The lowest BCUT2D eigenvalue weighted by molar-refractivity contribution is -0.150. The number of imide groups is 1. The highest BCUT2D eigenvalue weighted by atomic mass is 32.2. The van der Waals surface area contributed by atoms with Crippen LogP contribution in [0.1, 0.15) is 25.8 Å². The zero-order chi connectivity index (χ0) is 21.3. The first-order chi connectivity index (χ1) is 14.5. The molecule has 1 aliphatic heterocycles. The number of thioether (sulfide) groups is 1. The van der Waals surface area contributed by atoms with E-state index in [9.17, 15) is 14.4 Å². The molecular weight excluding hydrogens is 398 g/mol. The van der Waals surface area contributed by atoms with E-state index in [1.165, 1.54) is 0 Å². The summed E-state index contributed by atoms with van der Waals surface area (Å²) >= 11 is 0.851. The van der Waals surface area contributed by atoms with Crippen LogP contribution in [-0.4, -0.2) is 34.7 Å². The van der Waals surface area contributed by atoms with Crippen LogP contribution >= 0.6 is 11.8 Å². The van der Waals surface area contributed by atoms with Crippen molar-refractivity contribution in [2.75, 3.05) is 6.54 Å². The third-order valence-corrected chi connectivity index (χ3v) is 6.06. The number of hydrogen-bond acceptors (Lipinski definition) is 5. The second kappa shape index (κ2) is 8.32. The summed E-state index contributed by atoms with van der Waals surface area (Å²) in [5, 5.41) is 3.65. The first-order valence-corrected chi connectivity index (χ1v) is 10.6. The number of hydrogen-bond donors (Lipinski definition) is 0. The second-order valence-corrected chi connectivity index (χ2v) is 8.20. The fraction of sp³-hybridized carbons (Fsp3) is 0.208. The SMILES string of the molecule is CC[C@H](C)OC(=O)CN1C(=O)S/C(=C/c2c3ccccc3cc3ccccc23)C1=O. The standard InChI is InChI=1S/C24H21NO4S/c1-3-15(2)29-22(26)14-25-23(27)21(30-24(25)28)13-20-18-10-6-4-8-16(18)12-17-9-5-7-11-19(17)20/h4-13,15H,3,14H2,1-2H3/b21-13+/t15-/m0/s1. The molecule has 0 unspecified atom stereocenters. The van der Waals surface area contributed by atoms with Crippen LogP contribution in [-0.2, 0) is 14.3 Å². The molecule has 152 valence electrons. The third kappa shape index (κ3) is 3.83. The van der Waals surface area contributed by atoms with Gasteiger partial charge in [0.25, 0.3) is 11.1 Å². The van der Waals surface area contributed by atoms with E-state index in [0.29, 0.717) is 11.3 Å². The van der Waals surface area contributed by atoms with Gasteiger partial charge in [0.15, 0.2) is 0 Å². The monoisotopic (exact) mass is 419 g/mol. The molecule has 0 saturated carbocycles. The number of carbonyl (C=O) groups excluding carboxylic acids is 3. The summed E-state index contributed by atoms with van der Waals surface area (Å²) in [5.74, 6) is -1.05. The van der Waals surface area contributed by atoms with Crippen LogP contribution in [0, 0.1) is 0 Å². The number of esters is 1. The summed E-state index contributed by atoms with van der Waals surface area (Å²) < 4.78 is 5.21. The molecule has 1 saturated heterocycles. The van der Waals surface area contributed by atoms with E-state index < -0.39 is 17.1 Å². The van der Waals surface area contributed by atoms with Gasteiger partial charge in [0, 0.05) is 0 Å². The maximum atomic E-state index is 12.9. The smallest absolute Gasteiger partial charge is 0.326 e. The molecule has 2 amide bonds. The Balaban J connectivity index is 1.72. The van der Waals surface area contributed by atoms with Crippen molar-refractivity contribution < 1.29 is 19.1 Å². The molecule has 0 radical (unpaired) electrons. The highest BCUT2D eigenvalue weighted by molar-refractivity contribution is 8.18. The first-order valence-electron chi connectivity index (χ1n) is 9.83. The van der Waals surface area contributed by atoms with E-state index in [2.05, 4.69) is 6.07 Å². The molecule has 0 spiro atoms. The van der Waals surface area contributed by atoms with Gasteiger partial charge in [0.1, 0.15) is 6.54 Å². The molecule has 3 aromatic carbocycles. The Morgan fingerprint density at radius 3 is 2.27 bits per heavy atom. The van der Waals surface area contributed by atoms with E-state index in [0.717, 1.165) is 43.8 Å². The van der Waals surface area contributed by atoms with E-state index >= 15 is 0 Å². The number of ether oxygens (including phenoxy) is 1. The number of nitrogens with zero attached hydrogens (tertiary/aromatic N) is 1. The van der Waals surface area contributed by atoms with Crippen LogP contribution in [0.3, 0.4) is 0 Å². The molecule has 4 rings (SSSR count). The van der Waals surface area contributed by atoms with Gasteiger partial charge in [0.2, 0.25) is 0 Å². The molecule has 1 aliphatic rings. The van der Waals surface area contributed by atoms with Crippen molar-refractivity contribution in [1.29, 1.82) is 0 Å². The van der Waals surface area contributed by atoms with Crippen molar-refractivity contribution in [2.24, 2.45) is 0 Å². The molecule has 0 N–H and O–H groups in total. The van der Waals surface area contributed by atoms with Gasteiger partial charge in [-0.05, 0) is 64.4 Å². The van der Waals surface area contributed by atoms with Gasteiger partial charge in [0.05, 0.1) is 11.0 Å². The van der Waals surface area contributed by atoms with Gasteiger partial charge in [-0.15, -0.1) is 0 Å². The van der Waals surface area contributed by atoms with Gasteiger partial charge in [-0.25, -0.2) is 0 Å². The van der Waals surface area contributed by atoms with E-state index in [1.807, 2.05) is 55.5 Å². The van der Waals surface area contributed by atoms with Crippen molar-refractivity contribution >= 4 is 56.5 Å². The Morgan fingerprint density at radius 1 is 1.07 bits per heavy atom. The molecule has 0 aliphatic carbocycles. The molecule has 3 aromatic rings. The maximum absolute atomic E-state index is 12.9. The minimum Gasteiger partial charge on any atom is -0.461 e. The summed E-state index contributed by atoms with van der Waals surface area (Å²) in [4.78, 5) is 38.6. The second-order valence-electron chi connectivity index (χ2n) is 7.21. The quantitative estimate of drug-likeness (QED) is 0.316. The first kappa shape index (κ1) is 20.2. The zero-order valence-electron chi connectivity index (χ0n) is 16.8. The molecule has 0 aromatic heterocycles. The van der Waals surface area contributed by atoms with Crippen molar-refractivity contribution in [2.45, 2.75) is 26.4 Å². The van der Waals surface area contributed by atoms with Gasteiger partial charge in [-0.2, -0.15) is 0 Å². The number of carbonyl (C=O) groups is 3. The fourth-order valence-electron chi connectivity index (χ4n) is 3.45. The number of amides is 2. The predicted molar refractivity (Wildman–Crippen MR) is 120 cm³/mol. The van der Waals surface area contributed by atoms with Crippen molar-refractivity contribution in [1.82, 2.24) is 4.90 Å². The topological polar surface area (TPSA) is 63.7 Å².